The number of benzene rings is 1. The first-order valence-corrected chi connectivity index (χ1v) is 7.58. The minimum absolute atomic E-state index is 0.131. The third-order valence-electron chi connectivity index (χ3n) is 3.29. The van der Waals surface area contributed by atoms with Crippen molar-refractivity contribution >= 4 is 21.6 Å². The number of hydrogen-bond donors (Lipinski definition) is 1. The molecule has 1 aliphatic rings. The lowest BCUT2D eigenvalue weighted by Gasteiger charge is -2.43. The van der Waals surface area contributed by atoms with Crippen LogP contribution in [0.1, 0.15) is 19.4 Å². The highest BCUT2D eigenvalue weighted by Crippen LogP contribution is 2.43. The summed E-state index contributed by atoms with van der Waals surface area (Å²) in [6.45, 7) is 2.42. The van der Waals surface area contributed by atoms with Gasteiger partial charge < -0.3 is 9.84 Å². The molecule has 0 unspecified atom stereocenters. The Labute approximate surface area is 123 Å². The second-order valence-corrected chi connectivity index (χ2v) is 7.27. The summed E-state index contributed by atoms with van der Waals surface area (Å²) in [4.78, 5) is 12.1. The SMILES string of the molecule is COc1ccc(C#CCO)cc1N1C(=O)C(C)(C)S1(=O)=O. The van der Waals surface area contributed by atoms with Crippen LogP contribution in [0.5, 0.6) is 5.75 Å². The topological polar surface area (TPSA) is 83.9 Å². The standard InChI is InChI=1S/C14H15NO5S/c1-14(2)13(17)15(21(14,18)19)11-9-10(5-4-8-16)6-7-12(11)20-3/h6-7,9,16H,8H2,1-3H3. The molecule has 21 heavy (non-hydrogen) atoms. The third-order valence-corrected chi connectivity index (χ3v) is 5.60. The van der Waals surface area contributed by atoms with Gasteiger partial charge in [-0.25, -0.2) is 12.7 Å². The first kappa shape index (κ1) is 15.4. The monoisotopic (exact) mass is 309 g/mol. The van der Waals surface area contributed by atoms with E-state index in [2.05, 4.69) is 11.8 Å². The Morgan fingerprint density at radius 2 is 2.05 bits per heavy atom. The van der Waals surface area contributed by atoms with E-state index >= 15 is 0 Å². The molecule has 1 aliphatic heterocycles. The van der Waals surface area contributed by atoms with Crippen molar-refractivity contribution < 1.29 is 23.1 Å². The zero-order valence-electron chi connectivity index (χ0n) is 11.9. The number of carbonyl (C=O) groups excluding carboxylic acids is 1. The molecule has 0 saturated carbocycles. The normalized spacial score (nSPS) is 18.5. The van der Waals surface area contributed by atoms with E-state index in [9.17, 15) is 13.2 Å². The van der Waals surface area contributed by atoms with Crippen LogP contribution in [0.4, 0.5) is 5.69 Å². The molecule has 0 aliphatic carbocycles. The van der Waals surface area contributed by atoms with Crippen molar-refractivity contribution in [2.24, 2.45) is 0 Å². The number of nitrogens with zero attached hydrogens (tertiary/aromatic N) is 1. The molecule has 0 atom stereocenters. The van der Waals surface area contributed by atoms with Crippen LogP contribution in [0.25, 0.3) is 0 Å². The predicted molar refractivity (Wildman–Crippen MR) is 77.4 cm³/mol. The van der Waals surface area contributed by atoms with Gasteiger partial charge in [-0.15, -0.1) is 0 Å². The van der Waals surface area contributed by atoms with Gasteiger partial charge >= 0.3 is 0 Å². The second-order valence-electron chi connectivity index (χ2n) is 4.93. The number of aliphatic hydroxyl groups is 1. The number of amides is 1. The highest BCUT2D eigenvalue weighted by molar-refractivity contribution is 7.98. The van der Waals surface area contributed by atoms with E-state index in [-0.39, 0.29) is 18.0 Å². The number of anilines is 1. The molecule has 1 aromatic rings. The lowest BCUT2D eigenvalue weighted by molar-refractivity contribution is -0.120. The molecule has 7 heteroatoms. The summed E-state index contributed by atoms with van der Waals surface area (Å²) < 4.78 is 28.9. The van der Waals surface area contributed by atoms with Gasteiger partial charge in [-0.1, -0.05) is 11.8 Å². The van der Waals surface area contributed by atoms with Gasteiger partial charge in [0.15, 0.2) is 4.75 Å². The Morgan fingerprint density at radius 3 is 2.57 bits per heavy atom. The fraction of sp³-hybridized carbons (Fsp3) is 0.357. The minimum atomic E-state index is -3.77. The molecule has 0 radical (unpaired) electrons. The molecule has 1 fully saturated rings. The fourth-order valence-electron chi connectivity index (χ4n) is 1.96. The van der Waals surface area contributed by atoms with E-state index in [4.69, 9.17) is 9.84 Å². The summed E-state index contributed by atoms with van der Waals surface area (Å²) in [6, 6.07) is 4.60. The van der Waals surface area contributed by atoms with Crippen LogP contribution in [0, 0.1) is 11.8 Å². The average Bonchev–Trinajstić information content (AvgIpc) is 2.45. The summed E-state index contributed by atoms with van der Waals surface area (Å²) in [6.07, 6.45) is 0. The molecule has 0 bridgehead atoms. The summed E-state index contributed by atoms with van der Waals surface area (Å²) in [5, 5.41) is 8.70. The maximum absolute atomic E-state index is 12.2. The number of carbonyl (C=O) groups is 1. The molecule has 1 aromatic carbocycles. The quantitative estimate of drug-likeness (QED) is 0.804. The molecule has 112 valence electrons. The zero-order valence-corrected chi connectivity index (χ0v) is 12.7. The zero-order chi connectivity index (χ0) is 15.8. The number of methoxy groups -OCH3 is 1. The molecule has 6 nitrogen and oxygen atoms in total. The van der Waals surface area contributed by atoms with E-state index in [1.165, 1.54) is 33.1 Å². The summed E-state index contributed by atoms with van der Waals surface area (Å²) in [7, 11) is -2.38. The number of rotatable bonds is 2. The lowest BCUT2D eigenvalue weighted by Crippen LogP contribution is -2.67. The Morgan fingerprint density at radius 1 is 1.38 bits per heavy atom. The van der Waals surface area contributed by atoms with Gasteiger partial charge in [-0.3, -0.25) is 4.79 Å². The van der Waals surface area contributed by atoms with E-state index in [1.54, 1.807) is 6.07 Å². The smallest absolute Gasteiger partial charge is 0.263 e. The maximum Gasteiger partial charge on any atom is 0.263 e. The molecule has 1 amide bonds. The van der Waals surface area contributed by atoms with Gasteiger partial charge in [-0.05, 0) is 32.0 Å². The van der Waals surface area contributed by atoms with Crippen LogP contribution < -0.4 is 9.04 Å². The molecular formula is C14H15NO5S. The third kappa shape index (κ3) is 2.17. The van der Waals surface area contributed by atoms with Crippen LogP contribution in [-0.4, -0.2) is 37.9 Å². The van der Waals surface area contributed by atoms with E-state index in [1.807, 2.05) is 0 Å². The lowest BCUT2D eigenvalue weighted by atomic mass is 10.1. The van der Waals surface area contributed by atoms with Crippen molar-refractivity contribution in [3.05, 3.63) is 23.8 Å². The average molecular weight is 309 g/mol. The van der Waals surface area contributed by atoms with Gasteiger partial charge in [0.05, 0.1) is 7.11 Å². The Bertz CT molecular complexity index is 755. The van der Waals surface area contributed by atoms with E-state index < -0.39 is 20.7 Å². The van der Waals surface area contributed by atoms with Crippen LogP contribution in [0.15, 0.2) is 18.2 Å². The van der Waals surface area contributed by atoms with Crippen molar-refractivity contribution in [2.75, 3.05) is 18.0 Å². The highest BCUT2D eigenvalue weighted by atomic mass is 32.2. The number of hydrogen-bond acceptors (Lipinski definition) is 5. The number of ether oxygens (including phenoxy) is 1. The molecule has 2 rings (SSSR count). The predicted octanol–water partition coefficient (Wildman–Crippen LogP) is 0.494. The first-order valence-electron chi connectivity index (χ1n) is 6.14. The van der Waals surface area contributed by atoms with Crippen molar-refractivity contribution in [3.8, 4) is 17.6 Å². The molecule has 1 saturated heterocycles. The summed E-state index contributed by atoms with van der Waals surface area (Å²) >= 11 is 0. The Kier molecular flexibility index (Phi) is 3.70. The van der Waals surface area contributed by atoms with Gasteiger partial charge in [-0.2, -0.15) is 0 Å². The summed E-state index contributed by atoms with van der Waals surface area (Å²) in [5.41, 5.74) is 0.610. The maximum atomic E-state index is 12.2. The Balaban J connectivity index is 2.56. The van der Waals surface area contributed by atoms with Gasteiger partial charge in [0.25, 0.3) is 15.9 Å². The van der Waals surface area contributed by atoms with E-state index in [0.717, 1.165) is 4.31 Å². The van der Waals surface area contributed by atoms with Crippen LogP contribution >= 0.6 is 0 Å². The van der Waals surface area contributed by atoms with Crippen molar-refractivity contribution in [3.63, 3.8) is 0 Å². The molecule has 1 N–H and O–H groups in total. The van der Waals surface area contributed by atoms with E-state index in [0.29, 0.717) is 5.56 Å². The minimum Gasteiger partial charge on any atom is -0.495 e. The molecule has 0 spiro atoms. The van der Waals surface area contributed by atoms with Gasteiger partial charge in [0.1, 0.15) is 18.0 Å². The van der Waals surface area contributed by atoms with Crippen molar-refractivity contribution in [1.29, 1.82) is 0 Å². The van der Waals surface area contributed by atoms with Crippen LogP contribution in [0.2, 0.25) is 0 Å². The molecule has 1 heterocycles. The largest absolute Gasteiger partial charge is 0.495 e. The van der Waals surface area contributed by atoms with Gasteiger partial charge in [0.2, 0.25) is 0 Å². The van der Waals surface area contributed by atoms with Crippen molar-refractivity contribution in [2.45, 2.75) is 18.6 Å². The Hall–Kier alpha value is -2.04. The van der Waals surface area contributed by atoms with Crippen molar-refractivity contribution in [1.82, 2.24) is 0 Å². The summed E-state index contributed by atoms with van der Waals surface area (Å²) in [5.74, 6) is 4.87. The van der Waals surface area contributed by atoms with Gasteiger partial charge in [0, 0.05) is 5.56 Å². The molecule has 0 aromatic heterocycles. The number of aliphatic hydroxyl groups excluding tert-OH is 1. The molecular weight excluding hydrogens is 294 g/mol. The van der Waals surface area contributed by atoms with Crippen LogP contribution in [-0.2, 0) is 14.8 Å². The first-order chi connectivity index (χ1) is 9.77. The number of sulfonamides is 1. The highest BCUT2D eigenvalue weighted by Gasteiger charge is 2.61. The fourth-order valence-corrected chi connectivity index (χ4v) is 3.44. The second kappa shape index (κ2) is 5.06. The van der Waals surface area contributed by atoms with Crippen LogP contribution in [0.3, 0.4) is 0 Å².